The van der Waals surface area contributed by atoms with E-state index in [0.29, 0.717) is 0 Å². The lowest BCUT2D eigenvalue weighted by Gasteiger charge is -2.43. The first-order chi connectivity index (χ1) is 5.78. The Morgan fingerprint density at radius 2 is 2.00 bits per heavy atom. The van der Waals surface area contributed by atoms with Gasteiger partial charge in [-0.2, -0.15) is 0 Å². The number of carbonyl (C=O) groups is 1. The molecule has 0 saturated heterocycles. The van der Waals surface area contributed by atoms with E-state index in [9.17, 15) is 9.90 Å². The molecular formula is C10H16O2. The second-order valence-corrected chi connectivity index (χ2v) is 4.31. The highest BCUT2D eigenvalue weighted by molar-refractivity contribution is 5.61. The van der Waals surface area contributed by atoms with E-state index in [-0.39, 0.29) is 17.4 Å². The van der Waals surface area contributed by atoms with Crippen molar-refractivity contribution in [3.05, 3.63) is 0 Å². The lowest BCUT2D eigenvalue weighted by Crippen LogP contribution is -2.42. The topological polar surface area (TPSA) is 37.3 Å². The van der Waals surface area contributed by atoms with Gasteiger partial charge in [-0.15, -0.1) is 0 Å². The summed E-state index contributed by atoms with van der Waals surface area (Å²) in [4.78, 5) is 10.9. The van der Waals surface area contributed by atoms with E-state index >= 15 is 0 Å². The zero-order chi connectivity index (χ0) is 8.60. The fourth-order valence-corrected chi connectivity index (χ4v) is 2.77. The predicted molar refractivity (Wildman–Crippen MR) is 45.7 cm³/mol. The molecule has 12 heavy (non-hydrogen) atoms. The highest BCUT2D eigenvalue weighted by atomic mass is 16.3. The van der Waals surface area contributed by atoms with E-state index < -0.39 is 0 Å². The van der Waals surface area contributed by atoms with Gasteiger partial charge in [0, 0.05) is 5.41 Å². The number of hydrogen-bond acceptors (Lipinski definition) is 2. The fourth-order valence-electron chi connectivity index (χ4n) is 2.77. The molecule has 0 radical (unpaired) electrons. The molecule has 2 atom stereocenters. The Morgan fingerprint density at radius 3 is 2.33 bits per heavy atom. The van der Waals surface area contributed by atoms with E-state index in [0.717, 1.165) is 38.4 Å². The quantitative estimate of drug-likeness (QED) is 0.635. The smallest absolute Gasteiger partial charge is 0.126 e. The second-order valence-electron chi connectivity index (χ2n) is 4.31. The lowest BCUT2D eigenvalue weighted by atomic mass is 9.61. The molecule has 0 heterocycles. The summed E-state index contributed by atoms with van der Waals surface area (Å²) in [6, 6.07) is 0. The molecule has 0 bridgehead atoms. The first-order valence-electron chi connectivity index (χ1n) is 4.93. The van der Waals surface area contributed by atoms with Crippen LogP contribution in [0.15, 0.2) is 0 Å². The van der Waals surface area contributed by atoms with Gasteiger partial charge in [-0.3, -0.25) is 0 Å². The molecule has 68 valence electrons. The lowest BCUT2D eigenvalue weighted by molar-refractivity contribution is -0.128. The molecule has 0 aromatic heterocycles. The van der Waals surface area contributed by atoms with Gasteiger partial charge >= 0.3 is 0 Å². The van der Waals surface area contributed by atoms with Crippen molar-refractivity contribution in [2.75, 3.05) is 0 Å². The third-order valence-electron chi connectivity index (χ3n) is 3.74. The Bertz CT molecular complexity index is 184. The minimum Gasteiger partial charge on any atom is -0.393 e. The van der Waals surface area contributed by atoms with Gasteiger partial charge in [-0.1, -0.05) is 12.8 Å². The molecule has 2 heteroatoms. The van der Waals surface area contributed by atoms with Crippen LogP contribution in [0.2, 0.25) is 0 Å². The van der Waals surface area contributed by atoms with Gasteiger partial charge in [0.05, 0.1) is 6.10 Å². The Kier molecular flexibility index (Phi) is 1.95. The van der Waals surface area contributed by atoms with Crippen molar-refractivity contribution in [1.29, 1.82) is 0 Å². The summed E-state index contributed by atoms with van der Waals surface area (Å²) >= 11 is 0. The maximum absolute atomic E-state index is 10.9. The second kappa shape index (κ2) is 2.84. The van der Waals surface area contributed by atoms with Crippen LogP contribution in [0.25, 0.3) is 0 Å². The SMILES string of the molecule is O=CC1(C2CCCC2O)CCC1. The summed E-state index contributed by atoms with van der Waals surface area (Å²) in [5.74, 6) is 0.281. The van der Waals surface area contributed by atoms with Crippen LogP contribution in [0.5, 0.6) is 0 Å². The predicted octanol–water partition coefficient (Wildman–Crippen LogP) is 1.52. The summed E-state index contributed by atoms with van der Waals surface area (Å²) in [5, 5.41) is 9.66. The molecule has 0 aromatic carbocycles. The van der Waals surface area contributed by atoms with E-state index in [1.165, 1.54) is 6.42 Å². The van der Waals surface area contributed by atoms with Crippen LogP contribution in [-0.4, -0.2) is 17.5 Å². The van der Waals surface area contributed by atoms with Crippen molar-refractivity contribution >= 4 is 6.29 Å². The zero-order valence-corrected chi connectivity index (χ0v) is 7.33. The molecule has 0 amide bonds. The largest absolute Gasteiger partial charge is 0.393 e. The summed E-state index contributed by atoms with van der Waals surface area (Å²) in [6.07, 6.45) is 7.16. The number of aliphatic hydroxyl groups is 1. The summed E-state index contributed by atoms with van der Waals surface area (Å²) in [5.41, 5.74) is -0.115. The van der Waals surface area contributed by atoms with Crippen molar-refractivity contribution in [3.8, 4) is 0 Å². The summed E-state index contributed by atoms with van der Waals surface area (Å²) in [7, 11) is 0. The Balaban J connectivity index is 2.10. The standard InChI is InChI=1S/C10H16O2/c11-7-10(5-2-6-10)8-3-1-4-9(8)12/h7-9,12H,1-6H2. The molecular weight excluding hydrogens is 152 g/mol. The van der Waals surface area contributed by atoms with Gasteiger partial charge in [0.25, 0.3) is 0 Å². The van der Waals surface area contributed by atoms with Crippen LogP contribution in [0, 0.1) is 11.3 Å². The van der Waals surface area contributed by atoms with E-state index in [2.05, 4.69) is 0 Å². The third-order valence-corrected chi connectivity index (χ3v) is 3.74. The van der Waals surface area contributed by atoms with Gasteiger partial charge in [-0.05, 0) is 31.6 Å². The molecule has 2 aliphatic carbocycles. The minimum absolute atomic E-state index is 0.115. The third kappa shape index (κ3) is 1.01. The van der Waals surface area contributed by atoms with Crippen LogP contribution >= 0.6 is 0 Å². The zero-order valence-electron chi connectivity index (χ0n) is 7.33. The molecule has 0 spiro atoms. The van der Waals surface area contributed by atoms with E-state index in [1.54, 1.807) is 0 Å². The maximum atomic E-state index is 10.9. The van der Waals surface area contributed by atoms with E-state index in [4.69, 9.17) is 0 Å². The molecule has 2 saturated carbocycles. The molecule has 2 unspecified atom stereocenters. The Hall–Kier alpha value is -0.370. The molecule has 2 nitrogen and oxygen atoms in total. The molecule has 2 aliphatic rings. The van der Waals surface area contributed by atoms with Crippen molar-refractivity contribution in [2.24, 2.45) is 11.3 Å². The van der Waals surface area contributed by atoms with Crippen LogP contribution in [-0.2, 0) is 4.79 Å². The van der Waals surface area contributed by atoms with Gasteiger partial charge < -0.3 is 9.90 Å². The normalized spacial score (nSPS) is 39.1. The van der Waals surface area contributed by atoms with Gasteiger partial charge in [0.15, 0.2) is 0 Å². The van der Waals surface area contributed by atoms with Crippen molar-refractivity contribution < 1.29 is 9.90 Å². The van der Waals surface area contributed by atoms with Gasteiger partial charge in [-0.25, -0.2) is 0 Å². The number of hydrogen-bond donors (Lipinski definition) is 1. The number of rotatable bonds is 2. The highest BCUT2D eigenvalue weighted by Crippen LogP contribution is 2.51. The molecule has 2 fully saturated rings. The monoisotopic (exact) mass is 168 g/mol. The molecule has 1 N–H and O–H groups in total. The van der Waals surface area contributed by atoms with Crippen LogP contribution in [0.3, 0.4) is 0 Å². The summed E-state index contributed by atoms with van der Waals surface area (Å²) in [6.45, 7) is 0. The fraction of sp³-hybridized carbons (Fsp3) is 0.900. The molecule has 0 aliphatic heterocycles. The van der Waals surface area contributed by atoms with Crippen LogP contribution in [0.1, 0.15) is 38.5 Å². The first-order valence-corrected chi connectivity index (χ1v) is 4.93. The molecule has 2 rings (SSSR count). The van der Waals surface area contributed by atoms with Crippen molar-refractivity contribution in [3.63, 3.8) is 0 Å². The average Bonchev–Trinajstić information content (AvgIpc) is 2.36. The average molecular weight is 168 g/mol. The highest BCUT2D eigenvalue weighted by Gasteiger charge is 2.48. The van der Waals surface area contributed by atoms with Crippen molar-refractivity contribution in [1.82, 2.24) is 0 Å². The summed E-state index contributed by atoms with van der Waals surface area (Å²) < 4.78 is 0. The van der Waals surface area contributed by atoms with Gasteiger partial charge in [0.1, 0.15) is 6.29 Å². The first kappa shape index (κ1) is 8.24. The Morgan fingerprint density at radius 1 is 1.25 bits per heavy atom. The number of aldehydes is 1. The van der Waals surface area contributed by atoms with E-state index in [1.807, 2.05) is 0 Å². The van der Waals surface area contributed by atoms with Crippen LogP contribution in [0.4, 0.5) is 0 Å². The van der Waals surface area contributed by atoms with Crippen molar-refractivity contribution in [2.45, 2.75) is 44.6 Å². The van der Waals surface area contributed by atoms with Crippen LogP contribution < -0.4 is 0 Å². The maximum Gasteiger partial charge on any atom is 0.126 e. The molecule has 0 aromatic rings. The number of aliphatic hydroxyl groups excluding tert-OH is 1. The minimum atomic E-state index is -0.199. The van der Waals surface area contributed by atoms with Gasteiger partial charge in [0.2, 0.25) is 0 Å². The number of carbonyl (C=O) groups excluding carboxylic acids is 1. The Labute approximate surface area is 73.0 Å².